The molecule has 1 aromatic carbocycles. The SMILES string of the molecule is C=C/C(=C\CCC)c1ccc(CCC(O)NC(CCC(=O)O)C(O)NCC(N)O)cc1. The van der Waals surface area contributed by atoms with E-state index in [2.05, 4.69) is 30.2 Å². The highest BCUT2D eigenvalue weighted by atomic mass is 16.4. The molecule has 0 spiro atoms. The molecule has 0 saturated carbocycles. The summed E-state index contributed by atoms with van der Waals surface area (Å²) < 4.78 is 0. The van der Waals surface area contributed by atoms with E-state index in [0.717, 1.165) is 29.5 Å². The van der Waals surface area contributed by atoms with Gasteiger partial charge >= 0.3 is 5.97 Å². The summed E-state index contributed by atoms with van der Waals surface area (Å²) in [6.07, 6.45) is 3.74. The Hall–Kier alpha value is -2.07. The number of benzene rings is 1. The highest BCUT2D eigenvalue weighted by Gasteiger charge is 2.22. The normalized spacial score (nSPS) is 15.8. The molecule has 0 aliphatic rings. The zero-order chi connectivity index (χ0) is 23.2. The summed E-state index contributed by atoms with van der Waals surface area (Å²) in [6.45, 7) is 5.94. The van der Waals surface area contributed by atoms with Gasteiger partial charge in [0.1, 0.15) is 18.7 Å². The lowest BCUT2D eigenvalue weighted by Crippen LogP contribution is -2.53. The molecule has 0 aliphatic carbocycles. The first-order chi connectivity index (χ1) is 14.8. The highest BCUT2D eigenvalue weighted by Crippen LogP contribution is 2.18. The Labute approximate surface area is 184 Å². The van der Waals surface area contributed by atoms with Crippen molar-refractivity contribution in [3.8, 4) is 0 Å². The van der Waals surface area contributed by atoms with E-state index < -0.39 is 30.7 Å². The van der Waals surface area contributed by atoms with Crippen molar-refractivity contribution in [2.75, 3.05) is 6.54 Å². The van der Waals surface area contributed by atoms with Crippen molar-refractivity contribution in [1.82, 2.24) is 10.6 Å². The number of carboxylic acid groups (broad SMARTS) is 1. The van der Waals surface area contributed by atoms with Crippen molar-refractivity contribution >= 4 is 11.5 Å². The predicted molar refractivity (Wildman–Crippen MR) is 122 cm³/mol. The number of rotatable bonds is 16. The third-order valence-electron chi connectivity index (χ3n) is 4.86. The lowest BCUT2D eigenvalue weighted by molar-refractivity contribution is -0.137. The van der Waals surface area contributed by atoms with Gasteiger partial charge in [0, 0.05) is 19.0 Å². The van der Waals surface area contributed by atoms with Gasteiger partial charge in [0.2, 0.25) is 0 Å². The minimum atomic E-state index is -1.17. The van der Waals surface area contributed by atoms with Crippen LogP contribution in [-0.2, 0) is 11.2 Å². The van der Waals surface area contributed by atoms with Crippen molar-refractivity contribution in [3.05, 3.63) is 54.1 Å². The molecule has 31 heavy (non-hydrogen) atoms. The summed E-state index contributed by atoms with van der Waals surface area (Å²) in [7, 11) is 0. The molecule has 0 radical (unpaired) electrons. The molecule has 0 fully saturated rings. The molecule has 8 nitrogen and oxygen atoms in total. The van der Waals surface area contributed by atoms with Crippen LogP contribution in [-0.4, -0.2) is 57.7 Å². The zero-order valence-electron chi connectivity index (χ0n) is 18.2. The fourth-order valence-electron chi connectivity index (χ4n) is 3.11. The standard InChI is InChI=1S/C23H37N3O5/c1-3-5-6-17(4-2)18-10-7-16(8-11-18)9-13-21(28)26-19(12-14-22(29)30)23(31)25-15-20(24)27/h4,6-8,10-11,19-21,23,25-28,31H,2-3,5,9,12-15,24H2,1H3,(H,29,30)/b17-6+. The number of hydrogen-bond donors (Lipinski definition) is 7. The van der Waals surface area contributed by atoms with Gasteiger partial charge in [0.25, 0.3) is 0 Å². The van der Waals surface area contributed by atoms with E-state index in [0.29, 0.717) is 12.8 Å². The van der Waals surface area contributed by atoms with E-state index in [-0.39, 0.29) is 19.4 Å². The van der Waals surface area contributed by atoms with Gasteiger partial charge in [-0.15, -0.1) is 0 Å². The number of allylic oxidation sites excluding steroid dienone is 3. The first-order valence-electron chi connectivity index (χ1n) is 10.7. The molecule has 0 bridgehead atoms. The molecule has 1 aromatic rings. The Morgan fingerprint density at radius 2 is 1.87 bits per heavy atom. The maximum absolute atomic E-state index is 10.9. The van der Waals surface area contributed by atoms with Crippen LogP contribution in [0.15, 0.2) is 43.0 Å². The molecule has 0 amide bonds. The van der Waals surface area contributed by atoms with Crippen molar-refractivity contribution in [2.24, 2.45) is 5.73 Å². The van der Waals surface area contributed by atoms with Crippen LogP contribution in [0.4, 0.5) is 0 Å². The summed E-state index contributed by atoms with van der Waals surface area (Å²) in [5, 5.41) is 44.1. The molecule has 0 heterocycles. The van der Waals surface area contributed by atoms with E-state index in [1.807, 2.05) is 30.3 Å². The Balaban J connectivity index is 2.63. The van der Waals surface area contributed by atoms with Crippen LogP contribution in [0.25, 0.3) is 5.57 Å². The van der Waals surface area contributed by atoms with Crippen molar-refractivity contribution < 1.29 is 25.2 Å². The van der Waals surface area contributed by atoms with Crippen LogP contribution in [0.5, 0.6) is 0 Å². The van der Waals surface area contributed by atoms with Crippen LogP contribution in [0.2, 0.25) is 0 Å². The van der Waals surface area contributed by atoms with Gasteiger partial charge in [0.05, 0.1) is 0 Å². The van der Waals surface area contributed by atoms with Crippen LogP contribution in [0, 0.1) is 0 Å². The minimum Gasteiger partial charge on any atom is -0.481 e. The first-order valence-corrected chi connectivity index (χ1v) is 10.7. The maximum Gasteiger partial charge on any atom is 0.303 e. The quantitative estimate of drug-likeness (QED) is 0.152. The number of aliphatic hydroxyl groups excluding tert-OH is 3. The lowest BCUT2D eigenvalue weighted by atomic mass is 10.0. The van der Waals surface area contributed by atoms with Gasteiger partial charge in [-0.1, -0.05) is 56.3 Å². The molecule has 0 aromatic heterocycles. The summed E-state index contributed by atoms with van der Waals surface area (Å²) >= 11 is 0. The second-order valence-corrected chi connectivity index (χ2v) is 7.53. The molecule has 4 unspecified atom stereocenters. The summed E-state index contributed by atoms with van der Waals surface area (Å²) in [5.41, 5.74) is 8.49. The van der Waals surface area contributed by atoms with Crippen molar-refractivity contribution in [1.29, 1.82) is 0 Å². The Kier molecular flexibility index (Phi) is 12.9. The lowest BCUT2D eigenvalue weighted by Gasteiger charge is -2.27. The average Bonchev–Trinajstić information content (AvgIpc) is 2.74. The fourth-order valence-corrected chi connectivity index (χ4v) is 3.11. The van der Waals surface area contributed by atoms with Crippen molar-refractivity contribution in [3.63, 3.8) is 0 Å². The van der Waals surface area contributed by atoms with Crippen LogP contribution >= 0.6 is 0 Å². The van der Waals surface area contributed by atoms with Crippen LogP contribution < -0.4 is 16.4 Å². The van der Waals surface area contributed by atoms with Gasteiger partial charge in [-0.25, -0.2) is 0 Å². The van der Waals surface area contributed by atoms with Crippen LogP contribution in [0.1, 0.15) is 50.2 Å². The van der Waals surface area contributed by atoms with E-state index in [4.69, 9.17) is 15.9 Å². The topological polar surface area (TPSA) is 148 Å². The van der Waals surface area contributed by atoms with Gasteiger partial charge in [-0.05, 0) is 42.4 Å². The van der Waals surface area contributed by atoms with Gasteiger partial charge in [-0.2, -0.15) is 0 Å². The number of carboxylic acids is 1. The van der Waals surface area contributed by atoms with E-state index >= 15 is 0 Å². The number of nitrogens with one attached hydrogen (secondary N) is 2. The van der Waals surface area contributed by atoms with Gasteiger partial charge in [0.15, 0.2) is 0 Å². The minimum absolute atomic E-state index is 0.0612. The second kappa shape index (κ2) is 14.9. The average molecular weight is 436 g/mol. The Morgan fingerprint density at radius 1 is 1.19 bits per heavy atom. The number of hydrogen-bond acceptors (Lipinski definition) is 7. The molecule has 1 rings (SSSR count). The highest BCUT2D eigenvalue weighted by molar-refractivity contribution is 5.73. The molecular formula is C23H37N3O5. The molecule has 0 saturated heterocycles. The molecule has 8 heteroatoms. The third-order valence-corrected chi connectivity index (χ3v) is 4.86. The molecule has 174 valence electrons. The van der Waals surface area contributed by atoms with Crippen molar-refractivity contribution in [2.45, 2.75) is 70.2 Å². The number of unbranched alkanes of at least 4 members (excludes halogenated alkanes) is 1. The second-order valence-electron chi connectivity index (χ2n) is 7.53. The van der Waals surface area contributed by atoms with E-state index in [1.165, 1.54) is 0 Å². The molecule has 8 N–H and O–H groups in total. The van der Waals surface area contributed by atoms with Gasteiger partial charge in [-0.3, -0.25) is 15.4 Å². The largest absolute Gasteiger partial charge is 0.481 e. The number of aliphatic carboxylic acids is 1. The Bertz CT molecular complexity index is 691. The third kappa shape index (κ3) is 11.2. The molecular weight excluding hydrogens is 398 g/mol. The molecule has 4 atom stereocenters. The van der Waals surface area contributed by atoms with Crippen LogP contribution in [0.3, 0.4) is 0 Å². The number of carbonyl (C=O) groups is 1. The summed E-state index contributed by atoms with van der Waals surface area (Å²) in [5.74, 6) is -1.00. The number of aryl methyl sites for hydroxylation is 1. The summed E-state index contributed by atoms with van der Waals surface area (Å²) in [4.78, 5) is 10.9. The predicted octanol–water partition coefficient (Wildman–Crippen LogP) is 1.32. The Morgan fingerprint density at radius 3 is 2.42 bits per heavy atom. The first kappa shape index (κ1) is 27.0. The summed E-state index contributed by atoms with van der Waals surface area (Å²) in [6, 6.07) is 7.35. The van der Waals surface area contributed by atoms with E-state index in [1.54, 1.807) is 0 Å². The number of nitrogens with two attached hydrogens (primary N) is 1. The zero-order valence-corrected chi connectivity index (χ0v) is 18.2. The fraction of sp³-hybridized carbons (Fsp3) is 0.522. The van der Waals surface area contributed by atoms with E-state index in [9.17, 15) is 15.0 Å². The number of aliphatic hydroxyl groups is 3. The monoisotopic (exact) mass is 435 g/mol. The maximum atomic E-state index is 10.9. The smallest absolute Gasteiger partial charge is 0.303 e. The van der Waals surface area contributed by atoms with Gasteiger partial charge < -0.3 is 26.2 Å². The molecule has 0 aliphatic heterocycles.